The molecule has 2 heterocycles. The fraction of sp³-hybridized carbons (Fsp3) is 0.429. The van der Waals surface area contributed by atoms with Gasteiger partial charge in [-0.05, 0) is 37.1 Å². The normalized spacial score (nSPS) is 17.8. The Morgan fingerprint density at radius 2 is 2.23 bits per heavy atom. The summed E-state index contributed by atoms with van der Waals surface area (Å²) < 4.78 is 22.9. The molecule has 1 aliphatic rings. The second-order valence-electron chi connectivity index (χ2n) is 5.57. The Balaban J connectivity index is 1.89. The number of nitrogens with two attached hydrogens (primary N) is 1. The Labute approximate surface area is 129 Å². The molecule has 0 unspecified atom stereocenters. The summed E-state index contributed by atoms with van der Waals surface area (Å²) in [5.41, 5.74) is 2.02. The van der Waals surface area contributed by atoms with E-state index in [0.29, 0.717) is 6.54 Å². The number of sulfonamides is 1. The van der Waals surface area contributed by atoms with Gasteiger partial charge in [0.05, 0.1) is 11.4 Å². The van der Waals surface area contributed by atoms with Gasteiger partial charge in [0.2, 0.25) is 10.0 Å². The van der Waals surface area contributed by atoms with Gasteiger partial charge in [-0.25, -0.2) is 18.5 Å². The molecule has 1 atom stereocenters. The van der Waals surface area contributed by atoms with E-state index in [1.165, 1.54) is 0 Å². The summed E-state index contributed by atoms with van der Waals surface area (Å²) in [6.45, 7) is 4.74. The van der Waals surface area contributed by atoms with Crippen LogP contribution in [0.1, 0.15) is 31.1 Å². The lowest BCUT2D eigenvalue weighted by molar-refractivity contribution is 0.597. The minimum atomic E-state index is -3.67. The van der Waals surface area contributed by atoms with Crippen LogP contribution in [0.4, 0.5) is 5.69 Å². The summed E-state index contributed by atoms with van der Waals surface area (Å²) in [6.07, 6.45) is 1.58. The maximum absolute atomic E-state index is 11.5. The van der Waals surface area contributed by atoms with E-state index < -0.39 is 10.0 Å². The van der Waals surface area contributed by atoms with Crippen LogP contribution in [0.5, 0.6) is 0 Å². The lowest BCUT2D eigenvalue weighted by atomic mass is 10.1. The maximum atomic E-state index is 11.5. The molecule has 0 saturated carbocycles. The predicted molar refractivity (Wildman–Crippen MR) is 82.9 cm³/mol. The summed E-state index contributed by atoms with van der Waals surface area (Å²) in [6, 6.07) is 5.30. The van der Waals surface area contributed by atoms with E-state index in [1.807, 2.05) is 13.0 Å². The number of fused-ring (bicyclic) bond motifs is 1. The van der Waals surface area contributed by atoms with E-state index in [-0.39, 0.29) is 10.9 Å². The number of rotatable bonds is 4. The third-order valence-corrected chi connectivity index (χ3v) is 4.86. The molecule has 0 saturated heterocycles. The van der Waals surface area contributed by atoms with Crippen LogP contribution in [-0.4, -0.2) is 29.6 Å². The van der Waals surface area contributed by atoms with Crippen molar-refractivity contribution in [1.82, 2.24) is 15.2 Å². The highest BCUT2D eigenvalue weighted by Gasteiger charge is 2.28. The van der Waals surface area contributed by atoms with Crippen molar-refractivity contribution in [3.05, 3.63) is 35.4 Å². The SMILES string of the molecule is CCc1n[nH]c(CN2c3ccc(S(N)(=O)=O)cc3C[C@H]2C)n1. The fourth-order valence-corrected chi connectivity index (χ4v) is 3.38. The third kappa shape index (κ3) is 2.71. The molecule has 0 aliphatic carbocycles. The smallest absolute Gasteiger partial charge is 0.238 e. The number of primary sulfonamides is 1. The van der Waals surface area contributed by atoms with Crippen molar-refractivity contribution in [3.8, 4) is 0 Å². The van der Waals surface area contributed by atoms with E-state index in [0.717, 1.165) is 35.7 Å². The molecule has 1 aromatic carbocycles. The van der Waals surface area contributed by atoms with Crippen molar-refractivity contribution in [3.63, 3.8) is 0 Å². The molecule has 3 rings (SSSR count). The minimum absolute atomic E-state index is 0.160. The van der Waals surface area contributed by atoms with Crippen molar-refractivity contribution in [1.29, 1.82) is 0 Å². The first kappa shape index (κ1) is 15.0. The zero-order valence-corrected chi connectivity index (χ0v) is 13.4. The number of aryl methyl sites for hydroxylation is 1. The maximum Gasteiger partial charge on any atom is 0.238 e. The van der Waals surface area contributed by atoms with Crippen molar-refractivity contribution >= 4 is 15.7 Å². The number of H-pyrrole nitrogens is 1. The largest absolute Gasteiger partial charge is 0.361 e. The summed E-state index contributed by atoms with van der Waals surface area (Å²) >= 11 is 0. The van der Waals surface area contributed by atoms with Gasteiger partial charge >= 0.3 is 0 Å². The van der Waals surface area contributed by atoms with Crippen LogP contribution in [0.15, 0.2) is 23.1 Å². The first-order chi connectivity index (χ1) is 10.4. The average molecular weight is 321 g/mol. The summed E-state index contributed by atoms with van der Waals surface area (Å²) in [7, 11) is -3.67. The number of hydrogen-bond donors (Lipinski definition) is 2. The van der Waals surface area contributed by atoms with Gasteiger partial charge in [0.25, 0.3) is 0 Å². The monoisotopic (exact) mass is 321 g/mol. The number of anilines is 1. The van der Waals surface area contributed by atoms with Gasteiger partial charge in [0.15, 0.2) is 5.82 Å². The Kier molecular flexibility index (Phi) is 3.65. The van der Waals surface area contributed by atoms with Crippen LogP contribution < -0.4 is 10.0 Å². The molecule has 0 bridgehead atoms. The molecule has 2 aromatic rings. The first-order valence-corrected chi connectivity index (χ1v) is 8.75. The minimum Gasteiger partial charge on any atom is -0.361 e. The van der Waals surface area contributed by atoms with Gasteiger partial charge in [-0.1, -0.05) is 6.92 Å². The van der Waals surface area contributed by atoms with Crippen LogP contribution in [0.25, 0.3) is 0 Å². The predicted octanol–water partition coefficient (Wildman–Crippen LogP) is 0.966. The van der Waals surface area contributed by atoms with Gasteiger partial charge in [-0.15, -0.1) is 0 Å². The number of aromatic nitrogens is 3. The van der Waals surface area contributed by atoms with Gasteiger partial charge in [-0.3, -0.25) is 5.10 Å². The van der Waals surface area contributed by atoms with Crippen molar-refractivity contribution < 1.29 is 8.42 Å². The van der Waals surface area contributed by atoms with Gasteiger partial charge in [0, 0.05) is 18.2 Å². The van der Waals surface area contributed by atoms with Crippen LogP contribution >= 0.6 is 0 Å². The van der Waals surface area contributed by atoms with E-state index in [1.54, 1.807) is 12.1 Å². The molecule has 0 radical (unpaired) electrons. The highest BCUT2D eigenvalue weighted by Crippen LogP contribution is 2.34. The zero-order chi connectivity index (χ0) is 15.9. The number of hydrogen-bond acceptors (Lipinski definition) is 5. The topological polar surface area (TPSA) is 105 Å². The van der Waals surface area contributed by atoms with E-state index >= 15 is 0 Å². The van der Waals surface area contributed by atoms with E-state index in [9.17, 15) is 8.42 Å². The molecule has 1 aromatic heterocycles. The Morgan fingerprint density at radius 1 is 1.45 bits per heavy atom. The number of nitrogens with zero attached hydrogens (tertiary/aromatic N) is 3. The Hall–Kier alpha value is -1.93. The molecule has 8 heteroatoms. The number of aromatic amines is 1. The van der Waals surface area contributed by atoms with Crippen LogP contribution in [0, 0.1) is 0 Å². The summed E-state index contributed by atoms with van der Waals surface area (Å²) in [5, 5.41) is 12.3. The molecule has 0 fully saturated rings. The van der Waals surface area contributed by atoms with E-state index in [4.69, 9.17) is 5.14 Å². The van der Waals surface area contributed by atoms with Gasteiger partial charge < -0.3 is 4.90 Å². The van der Waals surface area contributed by atoms with Crippen LogP contribution in [-0.2, 0) is 29.4 Å². The second kappa shape index (κ2) is 5.36. The lowest BCUT2D eigenvalue weighted by Gasteiger charge is -2.23. The van der Waals surface area contributed by atoms with E-state index in [2.05, 4.69) is 27.0 Å². The molecule has 3 N–H and O–H groups in total. The molecular formula is C14H19N5O2S. The molecule has 118 valence electrons. The van der Waals surface area contributed by atoms with Crippen molar-refractivity contribution in [2.45, 2.75) is 44.2 Å². The van der Waals surface area contributed by atoms with Crippen molar-refractivity contribution in [2.75, 3.05) is 4.90 Å². The summed E-state index contributed by atoms with van der Waals surface area (Å²) in [4.78, 5) is 6.79. The Bertz CT molecular complexity index is 799. The summed E-state index contributed by atoms with van der Waals surface area (Å²) in [5.74, 6) is 1.61. The van der Waals surface area contributed by atoms with Crippen molar-refractivity contribution in [2.24, 2.45) is 5.14 Å². The zero-order valence-electron chi connectivity index (χ0n) is 12.6. The van der Waals surface area contributed by atoms with Gasteiger partial charge in [0.1, 0.15) is 5.82 Å². The standard InChI is InChI=1S/C14H19N5O2S/c1-3-13-16-14(18-17-13)8-19-9(2)6-10-7-11(22(15,20)21)4-5-12(10)19/h4-5,7,9H,3,6,8H2,1-2H3,(H2,15,20,21)(H,16,17,18)/t9-/m1/s1. The van der Waals surface area contributed by atoms with Gasteiger partial charge in [-0.2, -0.15) is 5.10 Å². The quantitative estimate of drug-likeness (QED) is 0.873. The fourth-order valence-electron chi connectivity index (χ4n) is 2.81. The first-order valence-electron chi connectivity index (χ1n) is 7.21. The van der Waals surface area contributed by atoms with Crippen LogP contribution in [0.2, 0.25) is 0 Å². The van der Waals surface area contributed by atoms with Crippen LogP contribution in [0.3, 0.4) is 0 Å². The Morgan fingerprint density at radius 3 is 2.86 bits per heavy atom. The number of benzene rings is 1. The molecule has 1 aliphatic heterocycles. The molecule has 22 heavy (non-hydrogen) atoms. The molecular weight excluding hydrogens is 302 g/mol. The third-order valence-electron chi connectivity index (χ3n) is 3.95. The molecule has 0 amide bonds. The molecule has 0 spiro atoms. The number of nitrogens with one attached hydrogen (secondary N) is 1. The average Bonchev–Trinajstić information content (AvgIpc) is 3.03. The highest BCUT2D eigenvalue weighted by molar-refractivity contribution is 7.89. The highest BCUT2D eigenvalue weighted by atomic mass is 32.2. The lowest BCUT2D eigenvalue weighted by Crippen LogP contribution is -2.29. The second-order valence-corrected chi connectivity index (χ2v) is 7.13. The molecule has 7 nitrogen and oxygen atoms in total.